The van der Waals surface area contributed by atoms with Crippen molar-refractivity contribution in [2.45, 2.75) is 19.6 Å². The molecule has 2 rings (SSSR count). The predicted molar refractivity (Wildman–Crippen MR) is 77.3 cm³/mol. The Kier molecular flexibility index (Phi) is 4.54. The van der Waals surface area contributed by atoms with Gasteiger partial charge in [-0.2, -0.15) is 11.3 Å². The first-order valence-electron chi connectivity index (χ1n) is 5.99. The number of rotatable bonds is 4. The second-order valence-corrected chi connectivity index (χ2v) is 5.02. The molecule has 2 amide bonds. The lowest BCUT2D eigenvalue weighted by atomic mass is 10.1. The van der Waals surface area contributed by atoms with Crippen LogP contribution >= 0.6 is 11.3 Å². The first-order chi connectivity index (χ1) is 9.15. The van der Waals surface area contributed by atoms with Crippen LogP contribution in [0.3, 0.4) is 0 Å². The van der Waals surface area contributed by atoms with Gasteiger partial charge in [-0.05, 0) is 47.0 Å². The molecule has 0 aliphatic carbocycles. The maximum atomic E-state index is 11.7. The second kappa shape index (κ2) is 6.36. The maximum Gasteiger partial charge on any atom is 0.319 e. The van der Waals surface area contributed by atoms with Gasteiger partial charge in [0.25, 0.3) is 0 Å². The Morgan fingerprint density at radius 3 is 2.95 bits per heavy atom. The van der Waals surface area contributed by atoms with Crippen molar-refractivity contribution >= 4 is 23.1 Å². The topological polar surface area (TPSA) is 61.4 Å². The molecule has 1 heterocycles. The van der Waals surface area contributed by atoms with E-state index in [-0.39, 0.29) is 6.03 Å². The van der Waals surface area contributed by atoms with E-state index in [1.165, 1.54) is 0 Å². The van der Waals surface area contributed by atoms with Crippen molar-refractivity contribution < 1.29 is 9.90 Å². The predicted octanol–water partition coefficient (Wildman–Crippen LogP) is 3.12. The molecule has 0 aliphatic rings. The largest absolute Gasteiger partial charge is 0.389 e. The van der Waals surface area contributed by atoms with Crippen molar-refractivity contribution in [2.75, 3.05) is 5.32 Å². The SMILES string of the molecule is CC(O)c1cccc(NC(=O)NCc2ccsc2)c1. The minimum absolute atomic E-state index is 0.256. The average molecular weight is 276 g/mol. The average Bonchev–Trinajstić information content (AvgIpc) is 2.90. The second-order valence-electron chi connectivity index (χ2n) is 4.24. The number of amides is 2. The van der Waals surface area contributed by atoms with E-state index in [1.54, 1.807) is 36.5 Å². The summed E-state index contributed by atoms with van der Waals surface area (Å²) in [5, 5.41) is 19.0. The molecule has 3 N–H and O–H groups in total. The van der Waals surface area contributed by atoms with E-state index in [4.69, 9.17) is 0 Å². The van der Waals surface area contributed by atoms with E-state index in [1.807, 2.05) is 22.9 Å². The highest BCUT2D eigenvalue weighted by atomic mass is 32.1. The summed E-state index contributed by atoms with van der Waals surface area (Å²) in [7, 11) is 0. The van der Waals surface area contributed by atoms with Gasteiger partial charge in [-0.25, -0.2) is 4.79 Å². The molecule has 0 fully saturated rings. The number of carbonyl (C=O) groups excluding carboxylic acids is 1. The molecule has 0 saturated heterocycles. The highest BCUT2D eigenvalue weighted by Gasteiger charge is 2.05. The summed E-state index contributed by atoms with van der Waals surface area (Å²) in [6, 6.07) is 8.88. The maximum absolute atomic E-state index is 11.7. The van der Waals surface area contributed by atoms with Crippen LogP contribution in [0.2, 0.25) is 0 Å². The fraction of sp³-hybridized carbons (Fsp3) is 0.214. The third-order valence-electron chi connectivity index (χ3n) is 2.66. The minimum atomic E-state index is -0.546. The van der Waals surface area contributed by atoms with Gasteiger partial charge in [-0.3, -0.25) is 0 Å². The van der Waals surface area contributed by atoms with Crippen molar-refractivity contribution in [3.05, 3.63) is 52.2 Å². The number of aliphatic hydroxyl groups excluding tert-OH is 1. The van der Waals surface area contributed by atoms with Gasteiger partial charge < -0.3 is 15.7 Å². The number of thiophene rings is 1. The molecule has 1 aromatic heterocycles. The van der Waals surface area contributed by atoms with E-state index in [0.717, 1.165) is 11.1 Å². The fourth-order valence-corrected chi connectivity index (χ4v) is 2.30. The first-order valence-corrected chi connectivity index (χ1v) is 6.93. The van der Waals surface area contributed by atoms with Crippen LogP contribution in [-0.2, 0) is 6.54 Å². The van der Waals surface area contributed by atoms with Crippen LogP contribution < -0.4 is 10.6 Å². The van der Waals surface area contributed by atoms with Crippen molar-refractivity contribution in [3.8, 4) is 0 Å². The summed E-state index contributed by atoms with van der Waals surface area (Å²) in [5.41, 5.74) is 2.52. The number of hydrogen-bond acceptors (Lipinski definition) is 3. The number of urea groups is 1. The van der Waals surface area contributed by atoms with E-state index >= 15 is 0 Å². The van der Waals surface area contributed by atoms with Crippen LogP contribution in [0.4, 0.5) is 10.5 Å². The molecule has 2 aromatic rings. The van der Waals surface area contributed by atoms with Gasteiger partial charge in [0.05, 0.1) is 6.10 Å². The van der Waals surface area contributed by atoms with E-state index in [2.05, 4.69) is 10.6 Å². The fourth-order valence-electron chi connectivity index (χ4n) is 1.63. The van der Waals surface area contributed by atoms with Crippen LogP contribution in [-0.4, -0.2) is 11.1 Å². The third-order valence-corrected chi connectivity index (χ3v) is 3.39. The molecule has 1 unspecified atom stereocenters. The zero-order valence-electron chi connectivity index (χ0n) is 10.6. The Morgan fingerprint density at radius 2 is 2.26 bits per heavy atom. The van der Waals surface area contributed by atoms with Crippen LogP contribution in [0.15, 0.2) is 41.1 Å². The Morgan fingerprint density at radius 1 is 1.42 bits per heavy atom. The minimum Gasteiger partial charge on any atom is -0.389 e. The van der Waals surface area contributed by atoms with Gasteiger partial charge in [0, 0.05) is 12.2 Å². The van der Waals surface area contributed by atoms with Gasteiger partial charge in [0.2, 0.25) is 0 Å². The summed E-state index contributed by atoms with van der Waals surface area (Å²) in [5.74, 6) is 0. The molecule has 1 aromatic carbocycles. The molecule has 0 aliphatic heterocycles. The van der Waals surface area contributed by atoms with E-state index < -0.39 is 6.10 Å². The van der Waals surface area contributed by atoms with Crippen molar-refractivity contribution in [3.63, 3.8) is 0 Å². The molecule has 5 heteroatoms. The normalized spacial score (nSPS) is 11.9. The quantitative estimate of drug-likeness (QED) is 0.803. The number of nitrogens with one attached hydrogen (secondary N) is 2. The number of anilines is 1. The van der Waals surface area contributed by atoms with Gasteiger partial charge >= 0.3 is 6.03 Å². The molecule has 0 bridgehead atoms. The number of benzene rings is 1. The zero-order chi connectivity index (χ0) is 13.7. The van der Waals surface area contributed by atoms with E-state index in [0.29, 0.717) is 12.2 Å². The van der Waals surface area contributed by atoms with Gasteiger partial charge in [0.15, 0.2) is 0 Å². The van der Waals surface area contributed by atoms with Gasteiger partial charge in [-0.15, -0.1) is 0 Å². The lowest BCUT2D eigenvalue weighted by molar-refractivity contribution is 0.199. The smallest absolute Gasteiger partial charge is 0.319 e. The third kappa shape index (κ3) is 4.08. The Balaban J connectivity index is 1.89. The molecule has 100 valence electrons. The molecule has 1 atom stereocenters. The highest BCUT2D eigenvalue weighted by molar-refractivity contribution is 7.07. The standard InChI is InChI=1S/C14H16N2O2S/c1-10(17)12-3-2-4-13(7-12)16-14(18)15-8-11-5-6-19-9-11/h2-7,9-10,17H,8H2,1H3,(H2,15,16,18). The van der Waals surface area contributed by atoms with Crippen LogP contribution in [0.25, 0.3) is 0 Å². The molecule has 0 radical (unpaired) electrons. The molecule has 4 nitrogen and oxygen atoms in total. The summed E-state index contributed by atoms with van der Waals surface area (Å²) < 4.78 is 0. The van der Waals surface area contributed by atoms with Gasteiger partial charge in [-0.1, -0.05) is 12.1 Å². The number of carbonyl (C=O) groups is 1. The molecule has 0 spiro atoms. The van der Waals surface area contributed by atoms with Gasteiger partial charge in [0.1, 0.15) is 0 Å². The highest BCUT2D eigenvalue weighted by Crippen LogP contribution is 2.16. The first kappa shape index (κ1) is 13.6. The summed E-state index contributed by atoms with van der Waals surface area (Å²) in [6.07, 6.45) is -0.546. The van der Waals surface area contributed by atoms with Crippen LogP contribution in [0.1, 0.15) is 24.2 Å². The molecular formula is C14H16N2O2S. The molecular weight excluding hydrogens is 260 g/mol. The Bertz CT molecular complexity index is 538. The molecule has 19 heavy (non-hydrogen) atoms. The summed E-state index contributed by atoms with van der Waals surface area (Å²) in [4.78, 5) is 11.7. The van der Waals surface area contributed by atoms with Crippen molar-refractivity contribution in [1.82, 2.24) is 5.32 Å². The lowest BCUT2D eigenvalue weighted by Gasteiger charge is -2.09. The number of aliphatic hydroxyl groups is 1. The van der Waals surface area contributed by atoms with Crippen LogP contribution in [0.5, 0.6) is 0 Å². The monoisotopic (exact) mass is 276 g/mol. The zero-order valence-corrected chi connectivity index (χ0v) is 11.4. The van der Waals surface area contributed by atoms with Crippen molar-refractivity contribution in [1.29, 1.82) is 0 Å². The molecule has 0 saturated carbocycles. The van der Waals surface area contributed by atoms with Crippen molar-refractivity contribution in [2.24, 2.45) is 0 Å². The number of hydrogen-bond donors (Lipinski definition) is 3. The van der Waals surface area contributed by atoms with Crippen LogP contribution in [0, 0.1) is 0 Å². The summed E-state index contributed by atoms with van der Waals surface area (Å²) in [6.45, 7) is 2.20. The Hall–Kier alpha value is -1.85. The lowest BCUT2D eigenvalue weighted by Crippen LogP contribution is -2.28. The van der Waals surface area contributed by atoms with E-state index in [9.17, 15) is 9.90 Å². The Labute approximate surface area is 116 Å². The summed E-state index contributed by atoms with van der Waals surface area (Å²) >= 11 is 1.60.